The van der Waals surface area contributed by atoms with E-state index in [9.17, 15) is 4.79 Å². The molecule has 1 aromatic carbocycles. The first kappa shape index (κ1) is 14.1. The molecule has 0 aliphatic carbocycles. The first-order valence-electron chi connectivity index (χ1n) is 6.79. The number of aromatic nitrogens is 2. The fraction of sp³-hybridized carbons (Fsp3) is 0.267. The van der Waals surface area contributed by atoms with E-state index < -0.39 is 0 Å². The predicted molar refractivity (Wildman–Crippen MR) is 79.5 cm³/mol. The van der Waals surface area contributed by atoms with Gasteiger partial charge in [-0.15, -0.1) is 5.10 Å². The number of hydrogen-bond donors (Lipinski definition) is 1. The second-order valence-electron chi connectivity index (χ2n) is 5.05. The smallest absolute Gasteiger partial charge is 0.322 e. The number of rotatable bonds is 4. The van der Waals surface area contributed by atoms with Gasteiger partial charge in [-0.2, -0.15) is 0 Å². The molecule has 0 saturated carbocycles. The summed E-state index contributed by atoms with van der Waals surface area (Å²) in [6.45, 7) is 3.55. The van der Waals surface area contributed by atoms with Crippen molar-refractivity contribution in [2.45, 2.75) is 13.8 Å². The number of fused-ring (bicyclic) bond motifs is 1. The van der Waals surface area contributed by atoms with E-state index in [0.29, 0.717) is 17.1 Å². The number of para-hydroxylation sites is 1. The minimum atomic E-state index is -0.193. The van der Waals surface area contributed by atoms with E-state index in [2.05, 4.69) is 15.5 Å². The molecule has 0 aliphatic rings. The molecule has 0 saturated heterocycles. The molecule has 7 heteroatoms. The van der Waals surface area contributed by atoms with Gasteiger partial charge in [-0.3, -0.25) is 10.1 Å². The normalized spacial score (nSPS) is 11.1. The summed E-state index contributed by atoms with van der Waals surface area (Å²) in [5.41, 5.74) is 0.603. The number of nitrogens with one attached hydrogen (secondary N) is 1. The Balaban J connectivity index is 1.92. The zero-order chi connectivity index (χ0) is 15.7. The molecule has 0 bridgehead atoms. The van der Waals surface area contributed by atoms with E-state index in [1.54, 1.807) is 33.1 Å². The van der Waals surface area contributed by atoms with Crippen molar-refractivity contribution >= 4 is 22.9 Å². The Bertz CT molecular complexity index is 819. The van der Waals surface area contributed by atoms with Crippen LogP contribution in [-0.4, -0.2) is 23.2 Å². The number of anilines is 1. The molecule has 2 heterocycles. The summed E-state index contributed by atoms with van der Waals surface area (Å²) in [6, 6.07) is 7.38. The zero-order valence-corrected chi connectivity index (χ0v) is 12.4. The Morgan fingerprint density at radius 2 is 2.09 bits per heavy atom. The van der Waals surface area contributed by atoms with E-state index in [-0.39, 0.29) is 23.7 Å². The van der Waals surface area contributed by atoms with Crippen LogP contribution in [0.15, 0.2) is 33.1 Å². The molecule has 22 heavy (non-hydrogen) atoms. The van der Waals surface area contributed by atoms with Gasteiger partial charge in [0.25, 0.3) is 5.89 Å². The number of carbonyl (C=O) groups is 1. The fourth-order valence-corrected chi connectivity index (χ4v) is 1.93. The highest BCUT2D eigenvalue weighted by Gasteiger charge is 2.17. The first-order valence-corrected chi connectivity index (χ1v) is 6.79. The topological polar surface area (TPSA) is 90.4 Å². The molecule has 0 spiro atoms. The molecule has 3 rings (SSSR count). The molecule has 0 radical (unpaired) electrons. The van der Waals surface area contributed by atoms with Gasteiger partial charge >= 0.3 is 6.01 Å². The quantitative estimate of drug-likeness (QED) is 0.796. The van der Waals surface area contributed by atoms with Crippen molar-refractivity contribution < 1.29 is 18.4 Å². The van der Waals surface area contributed by atoms with Crippen LogP contribution in [0.3, 0.4) is 0 Å². The molecule has 0 aliphatic heterocycles. The van der Waals surface area contributed by atoms with Crippen LogP contribution in [0.25, 0.3) is 22.6 Å². The van der Waals surface area contributed by atoms with Crippen molar-refractivity contribution in [3.05, 3.63) is 24.3 Å². The Morgan fingerprint density at radius 3 is 2.82 bits per heavy atom. The molecule has 2 aromatic heterocycles. The molecule has 3 aromatic rings. The number of methoxy groups -OCH3 is 1. The minimum Gasteiger partial charge on any atom is -0.493 e. The van der Waals surface area contributed by atoms with Gasteiger partial charge in [0.05, 0.1) is 7.11 Å². The zero-order valence-electron chi connectivity index (χ0n) is 12.4. The van der Waals surface area contributed by atoms with Crippen molar-refractivity contribution in [1.82, 2.24) is 10.2 Å². The number of hydrogen-bond acceptors (Lipinski definition) is 6. The summed E-state index contributed by atoms with van der Waals surface area (Å²) >= 11 is 0. The van der Waals surface area contributed by atoms with Crippen LogP contribution in [-0.2, 0) is 4.79 Å². The SMILES string of the molecule is COc1cccc2cc(-c3nnc(NC(=O)C(C)C)o3)oc12. The number of ether oxygens (including phenoxy) is 1. The first-order chi connectivity index (χ1) is 10.6. The average molecular weight is 301 g/mol. The summed E-state index contributed by atoms with van der Waals surface area (Å²) in [6.07, 6.45) is 0. The Kier molecular flexibility index (Phi) is 3.54. The van der Waals surface area contributed by atoms with Crippen LogP contribution in [0.5, 0.6) is 5.75 Å². The second kappa shape index (κ2) is 5.51. The minimum absolute atomic E-state index is 0.0427. The largest absolute Gasteiger partial charge is 0.493 e. The van der Waals surface area contributed by atoms with E-state index >= 15 is 0 Å². The van der Waals surface area contributed by atoms with Crippen molar-refractivity contribution in [3.8, 4) is 17.4 Å². The Labute approximate surface area is 126 Å². The van der Waals surface area contributed by atoms with Crippen molar-refractivity contribution in [2.75, 3.05) is 12.4 Å². The van der Waals surface area contributed by atoms with Crippen molar-refractivity contribution in [2.24, 2.45) is 5.92 Å². The summed E-state index contributed by atoms with van der Waals surface area (Å²) in [4.78, 5) is 11.6. The molecule has 114 valence electrons. The lowest BCUT2D eigenvalue weighted by Gasteiger charge is -2.01. The van der Waals surface area contributed by atoms with Crippen LogP contribution < -0.4 is 10.1 Å². The number of carbonyl (C=O) groups excluding carboxylic acids is 1. The standard InChI is InChI=1S/C15H15N3O4/c1-8(2)13(19)16-15-18-17-14(22-15)11-7-9-5-4-6-10(20-3)12(9)21-11/h4-8H,1-3H3,(H,16,18,19). The highest BCUT2D eigenvalue weighted by molar-refractivity contribution is 5.90. The number of benzene rings is 1. The highest BCUT2D eigenvalue weighted by atomic mass is 16.5. The van der Waals surface area contributed by atoms with E-state index in [1.807, 2.05) is 12.1 Å². The third-order valence-corrected chi connectivity index (χ3v) is 3.12. The lowest BCUT2D eigenvalue weighted by Crippen LogP contribution is -2.17. The predicted octanol–water partition coefficient (Wildman–Crippen LogP) is 3.09. The van der Waals surface area contributed by atoms with E-state index in [0.717, 1.165) is 5.39 Å². The van der Waals surface area contributed by atoms with Crippen LogP contribution >= 0.6 is 0 Å². The molecule has 1 amide bonds. The van der Waals surface area contributed by atoms with E-state index in [1.165, 1.54) is 0 Å². The van der Waals surface area contributed by atoms with Gasteiger partial charge in [-0.05, 0) is 12.1 Å². The monoisotopic (exact) mass is 301 g/mol. The van der Waals surface area contributed by atoms with Gasteiger partial charge < -0.3 is 13.6 Å². The molecule has 1 N–H and O–H groups in total. The van der Waals surface area contributed by atoms with Crippen molar-refractivity contribution in [3.63, 3.8) is 0 Å². The van der Waals surface area contributed by atoms with Crippen LogP contribution in [0, 0.1) is 5.92 Å². The lowest BCUT2D eigenvalue weighted by atomic mass is 10.2. The van der Waals surface area contributed by atoms with Crippen LogP contribution in [0.2, 0.25) is 0 Å². The molecule has 0 fully saturated rings. The highest BCUT2D eigenvalue weighted by Crippen LogP contribution is 2.33. The third-order valence-electron chi connectivity index (χ3n) is 3.12. The van der Waals surface area contributed by atoms with Gasteiger partial charge in [0, 0.05) is 11.3 Å². The summed E-state index contributed by atoms with van der Waals surface area (Å²) in [5.74, 6) is 0.859. The number of nitrogens with zero attached hydrogens (tertiary/aromatic N) is 2. The Hall–Kier alpha value is -2.83. The van der Waals surface area contributed by atoms with Crippen LogP contribution in [0.1, 0.15) is 13.8 Å². The molecular weight excluding hydrogens is 286 g/mol. The maximum absolute atomic E-state index is 11.6. The molecule has 7 nitrogen and oxygen atoms in total. The van der Waals surface area contributed by atoms with Crippen molar-refractivity contribution in [1.29, 1.82) is 0 Å². The third kappa shape index (κ3) is 2.52. The lowest BCUT2D eigenvalue weighted by molar-refractivity contribution is -0.119. The molecule has 0 atom stereocenters. The fourth-order valence-electron chi connectivity index (χ4n) is 1.93. The van der Waals surface area contributed by atoms with Gasteiger partial charge in [0.15, 0.2) is 17.1 Å². The summed E-state index contributed by atoms with van der Waals surface area (Å²) in [5, 5.41) is 11.1. The van der Waals surface area contributed by atoms with Crippen LogP contribution in [0.4, 0.5) is 6.01 Å². The Morgan fingerprint density at radius 1 is 1.27 bits per heavy atom. The number of amides is 1. The van der Waals surface area contributed by atoms with Gasteiger partial charge in [0.1, 0.15) is 0 Å². The van der Waals surface area contributed by atoms with Gasteiger partial charge in [-0.1, -0.05) is 31.1 Å². The molecular formula is C15H15N3O4. The summed E-state index contributed by atoms with van der Waals surface area (Å²) in [7, 11) is 1.57. The summed E-state index contributed by atoms with van der Waals surface area (Å²) < 4.78 is 16.4. The van der Waals surface area contributed by atoms with E-state index in [4.69, 9.17) is 13.6 Å². The molecule has 0 unspecified atom stereocenters. The average Bonchev–Trinajstić information content (AvgIpc) is 3.12. The van der Waals surface area contributed by atoms with Gasteiger partial charge in [0.2, 0.25) is 5.91 Å². The van der Waals surface area contributed by atoms with Gasteiger partial charge in [-0.25, -0.2) is 0 Å². The maximum Gasteiger partial charge on any atom is 0.322 e. The maximum atomic E-state index is 11.6. The second-order valence-corrected chi connectivity index (χ2v) is 5.05. The number of furan rings is 1.